The lowest BCUT2D eigenvalue weighted by molar-refractivity contribution is -0.132. The number of carbonyl (C=O) groups excluding carboxylic acids is 2. The first kappa shape index (κ1) is 19.8. The van der Waals surface area contributed by atoms with E-state index in [-0.39, 0.29) is 11.3 Å². The van der Waals surface area contributed by atoms with Crippen LogP contribution in [0.15, 0.2) is 76.9 Å². The predicted molar refractivity (Wildman–Crippen MR) is 113 cm³/mol. The molecule has 30 heavy (non-hydrogen) atoms. The molecule has 1 unspecified atom stereocenters. The molecule has 4 rings (SSSR count). The molecule has 6 nitrogen and oxygen atoms in total. The third kappa shape index (κ3) is 3.46. The summed E-state index contributed by atoms with van der Waals surface area (Å²) in [6, 6.07) is 15.6. The van der Waals surface area contributed by atoms with E-state index in [9.17, 15) is 14.7 Å². The fourth-order valence-electron chi connectivity index (χ4n) is 3.47. The molecule has 0 aliphatic carbocycles. The van der Waals surface area contributed by atoms with Crippen LogP contribution in [-0.4, -0.2) is 23.4 Å². The molecule has 0 spiro atoms. The smallest absolute Gasteiger partial charge is 0.300 e. The van der Waals surface area contributed by atoms with Gasteiger partial charge in [-0.05, 0) is 55.5 Å². The van der Waals surface area contributed by atoms with Crippen molar-refractivity contribution in [2.24, 2.45) is 0 Å². The fourth-order valence-corrected chi connectivity index (χ4v) is 3.59. The van der Waals surface area contributed by atoms with Gasteiger partial charge in [-0.25, -0.2) is 0 Å². The van der Waals surface area contributed by atoms with Crippen molar-refractivity contribution < 1.29 is 23.8 Å². The standard InChI is InChI=1S/C23H18ClNO5/c1-2-29-17-6-3-5-16(13-17)25-20(18-7-4-12-30-18)19(22(27)23(25)28)21(26)14-8-10-15(24)11-9-14/h3-13,20,26H,2H2,1H3/b21-19-. The number of amides is 1. The van der Waals surface area contributed by atoms with Crippen LogP contribution in [0.3, 0.4) is 0 Å². The van der Waals surface area contributed by atoms with Crippen molar-refractivity contribution in [3.05, 3.63) is 88.8 Å². The fraction of sp³-hybridized carbons (Fsp3) is 0.130. The number of anilines is 1. The summed E-state index contributed by atoms with van der Waals surface area (Å²) in [5.41, 5.74) is 0.774. The predicted octanol–water partition coefficient (Wildman–Crippen LogP) is 4.96. The Morgan fingerprint density at radius 1 is 1.13 bits per heavy atom. The van der Waals surface area contributed by atoms with Gasteiger partial charge in [-0.1, -0.05) is 17.7 Å². The number of aliphatic hydroxyl groups excluding tert-OH is 1. The molecule has 1 aromatic heterocycles. The summed E-state index contributed by atoms with van der Waals surface area (Å²) < 4.78 is 11.1. The molecule has 152 valence electrons. The Hall–Kier alpha value is -3.51. The van der Waals surface area contributed by atoms with Gasteiger partial charge in [-0.3, -0.25) is 14.5 Å². The highest BCUT2D eigenvalue weighted by molar-refractivity contribution is 6.51. The maximum absolute atomic E-state index is 13.0. The number of Topliss-reactive ketones (excluding diaryl/α,β-unsaturated/α-hetero) is 1. The van der Waals surface area contributed by atoms with Crippen molar-refractivity contribution in [2.75, 3.05) is 11.5 Å². The van der Waals surface area contributed by atoms with E-state index in [4.69, 9.17) is 20.8 Å². The van der Waals surface area contributed by atoms with Crippen molar-refractivity contribution in [1.29, 1.82) is 0 Å². The highest BCUT2D eigenvalue weighted by Gasteiger charge is 2.48. The van der Waals surface area contributed by atoms with Crippen LogP contribution in [0.5, 0.6) is 5.75 Å². The zero-order valence-corrected chi connectivity index (χ0v) is 16.8. The summed E-state index contributed by atoms with van der Waals surface area (Å²) in [5, 5.41) is 11.4. The number of hydrogen-bond acceptors (Lipinski definition) is 5. The van der Waals surface area contributed by atoms with Crippen molar-refractivity contribution >= 4 is 34.7 Å². The Balaban J connectivity index is 1.88. The quantitative estimate of drug-likeness (QED) is 0.356. The Morgan fingerprint density at radius 2 is 1.90 bits per heavy atom. The van der Waals surface area contributed by atoms with Crippen LogP contribution >= 0.6 is 11.6 Å². The summed E-state index contributed by atoms with van der Waals surface area (Å²) in [6.07, 6.45) is 1.45. The molecule has 3 aromatic rings. The summed E-state index contributed by atoms with van der Waals surface area (Å²) in [5.74, 6) is -0.944. The Labute approximate surface area is 177 Å². The second-order valence-electron chi connectivity index (χ2n) is 6.62. The van der Waals surface area contributed by atoms with Gasteiger partial charge in [0.15, 0.2) is 0 Å². The lowest BCUT2D eigenvalue weighted by Gasteiger charge is -2.23. The van der Waals surface area contributed by atoms with Crippen LogP contribution in [0.4, 0.5) is 5.69 Å². The maximum Gasteiger partial charge on any atom is 0.300 e. The number of halogens is 1. The van der Waals surface area contributed by atoms with Crippen LogP contribution < -0.4 is 9.64 Å². The number of carbonyl (C=O) groups is 2. The molecule has 1 atom stereocenters. The summed E-state index contributed by atoms with van der Waals surface area (Å²) in [7, 11) is 0. The van der Waals surface area contributed by atoms with Crippen molar-refractivity contribution in [2.45, 2.75) is 13.0 Å². The van der Waals surface area contributed by atoms with Gasteiger partial charge in [0.25, 0.3) is 11.7 Å². The van der Waals surface area contributed by atoms with E-state index >= 15 is 0 Å². The Kier molecular flexibility index (Phi) is 5.33. The number of aliphatic hydroxyl groups is 1. The van der Waals surface area contributed by atoms with Gasteiger partial charge < -0.3 is 14.3 Å². The molecular formula is C23H18ClNO5. The molecule has 7 heteroatoms. The molecule has 2 heterocycles. The average Bonchev–Trinajstić information content (AvgIpc) is 3.36. The number of nitrogens with zero attached hydrogens (tertiary/aromatic N) is 1. The minimum atomic E-state index is -0.924. The van der Waals surface area contributed by atoms with Crippen LogP contribution in [0, 0.1) is 0 Å². The topological polar surface area (TPSA) is 80.0 Å². The van der Waals surface area contributed by atoms with E-state index in [1.165, 1.54) is 11.2 Å². The third-order valence-electron chi connectivity index (χ3n) is 4.78. The first-order chi connectivity index (χ1) is 14.5. The number of rotatable bonds is 5. The second-order valence-corrected chi connectivity index (χ2v) is 7.06. The van der Waals surface area contributed by atoms with Gasteiger partial charge >= 0.3 is 0 Å². The van der Waals surface area contributed by atoms with Crippen LogP contribution in [0.2, 0.25) is 5.02 Å². The van der Waals surface area contributed by atoms with Crippen molar-refractivity contribution in [3.8, 4) is 5.75 Å². The third-order valence-corrected chi connectivity index (χ3v) is 5.03. The molecule has 1 N–H and O–H groups in total. The van der Waals surface area contributed by atoms with Crippen molar-refractivity contribution in [3.63, 3.8) is 0 Å². The van der Waals surface area contributed by atoms with Gasteiger partial charge in [0, 0.05) is 22.3 Å². The van der Waals surface area contributed by atoms with Gasteiger partial charge in [0.05, 0.1) is 18.4 Å². The van der Waals surface area contributed by atoms with E-state index in [2.05, 4.69) is 0 Å². The molecule has 1 saturated heterocycles. The Morgan fingerprint density at radius 3 is 2.57 bits per heavy atom. The number of furan rings is 1. The van der Waals surface area contributed by atoms with E-state index in [0.29, 0.717) is 34.4 Å². The van der Waals surface area contributed by atoms with Gasteiger partial charge in [-0.15, -0.1) is 0 Å². The largest absolute Gasteiger partial charge is 0.507 e. The molecule has 0 saturated carbocycles. The molecule has 2 aromatic carbocycles. The van der Waals surface area contributed by atoms with Crippen molar-refractivity contribution in [1.82, 2.24) is 0 Å². The molecule has 1 fully saturated rings. The Bertz CT molecular complexity index is 1120. The lowest BCUT2D eigenvalue weighted by Crippen LogP contribution is -2.29. The molecule has 0 radical (unpaired) electrons. The van der Waals surface area contributed by atoms with Gasteiger partial charge in [0.2, 0.25) is 0 Å². The summed E-state index contributed by atoms with van der Waals surface area (Å²) in [6.45, 7) is 2.31. The molecule has 1 aliphatic heterocycles. The first-order valence-corrected chi connectivity index (χ1v) is 9.72. The molecular weight excluding hydrogens is 406 g/mol. The van der Waals surface area contributed by atoms with Gasteiger partial charge in [-0.2, -0.15) is 0 Å². The number of hydrogen-bond donors (Lipinski definition) is 1. The molecule has 1 amide bonds. The summed E-state index contributed by atoms with van der Waals surface area (Å²) in [4.78, 5) is 27.3. The normalized spacial score (nSPS) is 18.1. The van der Waals surface area contributed by atoms with Crippen LogP contribution in [0.1, 0.15) is 24.3 Å². The zero-order chi connectivity index (χ0) is 21.3. The first-order valence-electron chi connectivity index (χ1n) is 9.34. The lowest BCUT2D eigenvalue weighted by atomic mass is 9.99. The average molecular weight is 424 g/mol. The van der Waals surface area contributed by atoms with E-state index in [0.717, 1.165) is 0 Å². The second kappa shape index (κ2) is 8.08. The van der Waals surface area contributed by atoms with Crippen LogP contribution in [-0.2, 0) is 9.59 Å². The minimum absolute atomic E-state index is 0.0564. The monoisotopic (exact) mass is 423 g/mol. The number of benzene rings is 2. The molecule has 0 bridgehead atoms. The van der Waals surface area contributed by atoms with E-state index in [1.54, 1.807) is 60.7 Å². The van der Waals surface area contributed by atoms with E-state index < -0.39 is 17.7 Å². The summed E-state index contributed by atoms with van der Waals surface area (Å²) >= 11 is 5.93. The van der Waals surface area contributed by atoms with E-state index in [1.807, 2.05) is 6.92 Å². The van der Waals surface area contributed by atoms with Gasteiger partial charge in [0.1, 0.15) is 23.3 Å². The zero-order valence-electron chi connectivity index (χ0n) is 16.0. The highest BCUT2D eigenvalue weighted by atomic mass is 35.5. The highest BCUT2D eigenvalue weighted by Crippen LogP contribution is 2.42. The molecule has 1 aliphatic rings. The number of ether oxygens (including phenoxy) is 1. The minimum Gasteiger partial charge on any atom is -0.507 e. The van der Waals surface area contributed by atoms with Crippen LogP contribution in [0.25, 0.3) is 5.76 Å². The number of ketones is 1. The SMILES string of the molecule is CCOc1cccc(N2C(=O)C(=O)/C(=C(\O)c3ccc(Cl)cc3)C2c2ccco2)c1. The maximum atomic E-state index is 13.0.